The van der Waals surface area contributed by atoms with Crippen molar-refractivity contribution in [1.29, 1.82) is 0 Å². The molecule has 3 aromatic rings. The van der Waals surface area contributed by atoms with Crippen molar-refractivity contribution in [3.05, 3.63) is 77.5 Å². The highest BCUT2D eigenvalue weighted by Gasteiger charge is 2.35. The summed E-state index contributed by atoms with van der Waals surface area (Å²) in [5.74, 6) is -1.82. The molecule has 8 nitrogen and oxygen atoms in total. The number of rotatable bonds is 6. The van der Waals surface area contributed by atoms with Gasteiger partial charge in [-0.15, -0.1) is 0 Å². The minimum absolute atomic E-state index is 0.00368. The zero-order chi connectivity index (χ0) is 22.7. The van der Waals surface area contributed by atoms with Gasteiger partial charge in [0.05, 0.1) is 13.2 Å². The first-order valence-electron chi connectivity index (χ1n) is 10.1. The predicted octanol–water partition coefficient (Wildman–Crippen LogP) is 2.87. The lowest BCUT2D eigenvalue weighted by Gasteiger charge is -2.26. The van der Waals surface area contributed by atoms with Gasteiger partial charge in [0.1, 0.15) is 12.1 Å². The number of nitrogens with one attached hydrogen (secondary N) is 1. The Hall–Kier alpha value is -4.20. The van der Waals surface area contributed by atoms with Gasteiger partial charge >= 0.3 is 12.0 Å². The topological polar surface area (TPSA) is 97.7 Å². The Kier molecular flexibility index (Phi) is 5.85. The van der Waals surface area contributed by atoms with Gasteiger partial charge in [-0.1, -0.05) is 48.5 Å². The number of hydrogen-bond donors (Lipinski definition) is 1. The summed E-state index contributed by atoms with van der Waals surface area (Å²) < 4.78 is 6.74. The van der Waals surface area contributed by atoms with Crippen molar-refractivity contribution < 1.29 is 23.9 Å². The summed E-state index contributed by atoms with van der Waals surface area (Å²) in [6.07, 6.45) is 3.14. The van der Waals surface area contributed by atoms with Gasteiger partial charge in [-0.2, -0.15) is 0 Å². The average Bonchev–Trinajstić information content (AvgIpc) is 3.12. The fraction of sp³-hybridized carbons (Fsp3) is 0.167. The Morgan fingerprint density at radius 2 is 1.75 bits per heavy atom. The number of amides is 4. The van der Waals surface area contributed by atoms with E-state index in [1.54, 1.807) is 29.8 Å². The third-order valence-corrected chi connectivity index (χ3v) is 5.09. The fourth-order valence-corrected chi connectivity index (χ4v) is 3.63. The number of carbonyl (C=O) groups excluding carboxylic acids is 4. The number of imide groups is 2. The zero-order valence-corrected chi connectivity index (χ0v) is 17.4. The first kappa shape index (κ1) is 21.0. The molecule has 162 valence electrons. The number of nitrogens with zero attached hydrogens (tertiary/aromatic N) is 2. The van der Waals surface area contributed by atoms with Crippen molar-refractivity contribution in [2.45, 2.75) is 20.0 Å². The van der Waals surface area contributed by atoms with Crippen LogP contribution in [0.25, 0.3) is 17.0 Å². The van der Waals surface area contributed by atoms with E-state index >= 15 is 0 Å². The lowest BCUT2D eigenvalue weighted by Crippen LogP contribution is -2.53. The molecule has 32 heavy (non-hydrogen) atoms. The summed E-state index contributed by atoms with van der Waals surface area (Å²) in [7, 11) is 0. The van der Waals surface area contributed by atoms with Crippen LogP contribution in [0.5, 0.6) is 0 Å². The molecular weight excluding hydrogens is 410 g/mol. The quantitative estimate of drug-likeness (QED) is 0.368. The molecule has 4 amide bonds. The lowest BCUT2D eigenvalue weighted by molar-refractivity contribution is -0.143. The van der Waals surface area contributed by atoms with Crippen LogP contribution in [-0.4, -0.2) is 39.9 Å². The van der Waals surface area contributed by atoms with E-state index in [4.69, 9.17) is 4.74 Å². The van der Waals surface area contributed by atoms with E-state index in [2.05, 4.69) is 5.32 Å². The van der Waals surface area contributed by atoms with Crippen molar-refractivity contribution in [1.82, 2.24) is 14.8 Å². The number of fused-ring (bicyclic) bond motifs is 1. The minimum Gasteiger partial charge on any atom is -0.465 e. The van der Waals surface area contributed by atoms with E-state index in [1.807, 2.05) is 42.5 Å². The monoisotopic (exact) mass is 431 g/mol. The number of barbiturate groups is 1. The maximum absolute atomic E-state index is 13.1. The molecule has 0 bridgehead atoms. The van der Waals surface area contributed by atoms with Gasteiger partial charge in [0, 0.05) is 22.7 Å². The SMILES string of the molecule is CCOC(=O)Cn1cc(C=C2C(=O)NC(=O)N(Cc3ccccc3)C2=O)c2ccccc21. The Morgan fingerprint density at radius 3 is 2.50 bits per heavy atom. The Bertz CT molecular complexity index is 1240. The van der Waals surface area contributed by atoms with Gasteiger partial charge < -0.3 is 9.30 Å². The van der Waals surface area contributed by atoms with E-state index in [1.165, 1.54) is 6.08 Å². The van der Waals surface area contributed by atoms with Gasteiger partial charge in [0.2, 0.25) is 0 Å². The molecule has 2 aromatic carbocycles. The van der Waals surface area contributed by atoms with Crippen LogP contribution in [0.2, 0.25) is 0 Å². The second kappa shape index (κ2) is 8.89. The molecule has 1 aliphatic rings. The maximum atomic E-state index is 13.1. The van der Waals surface area contributed by atoms with Gasteiger partial charge in [-0.3, -0.25) is 24.6 Å². The molecule has 1 fully saturated rings. The number of esters is 1. The molecule has 0 unspecified atom stereocenters. The summed E-state index contributed by atoms with van der Waals surface area (Å²) in [5.41, 5.74) is 1.95. The third-order valence-electron chi connectivity index (χ3n) is 5.09. The summed E-state index contributed by atoms with van der Waals surface area (Å²) in [5, 5.41) is 2.99. The molecule has 1 N–H and O–H groups in total. The maximum Gasteiger partial charge on any atom is 0.331 e. The number of para-hydroxylation sites is 1. The van der Waals surface area contributed by atoms with Crippen LogP contribution in [0.3, 0.4) is 0 Å². The normalized spacial score (nSPS) is 15.3. The number of urea groups is 1. The van der Waals surface area contributed by atoms with E-state index < -0.39 is 23.8 Å². The van der Waals surface area contributed by atoms with Crippen LogP contribution in [0.4, 0.5) is 4.79 Å². The van der Waals surface area contributed by atoms with Gasteiger partial charge in [0.25, 0.3) is 11.8 Å². The van der Waals surface area contributed by atoms with E-state index in [9.17, 15) is 19.2 Å². The minimum atomic E-state index is -0.759. The summed E-state index contributed by atoms with van der Waals surface area (Å²) in [4.78, 5) is 50.8. The molecule has 0 atom stereocenters. The standard InChI is InChI=1S/C24H21N3O5/c1-2-32-21(28)15-26-14-17(18-10-6-7-11-20(18)26)12-19-22(29)25-24(31)27(23(19)30)13-16-8-4-3-5-9-16/h3-12,14H,2,13,15H2,1H3,(H,25,29,31). The molecule has 4 rings (SSSR count). The van der Waals surface area contributed by atoms with E-state index in [0.717, 1.165) is 21.4 Å². The highest BCUT2D eigenvalue weighted by molar-refractivity contribution is 6.31. The second-order valence-electron chi connectivity index (χ2n) is 7.23. The van der Waals surface area contributed by atoms with Gasteiger partial charge in [0.15, 0.2) is 0 Å². The molecule has 1 aromatic heterocycles. The summed E-state index contributed by atoms with van der Waals surface area (Å²) in [6, 6.07) is 15.6. The molecule has 0 radical (unpaired) electrons. The van der Waals surface area contributed by atoms with Crippen LogP contribution < -0.4 is 5.32 Å². The van der Waals surface area contributed by atoms with Crippen molar-refractivity contribution in [3.8, 4) is 0 Å². The second-order valence-corrected chi connectivity index (χ2v) is 7.23. The number of ether oxygens (including phenoxy) is 1. The first-order valence-corrected chi connectivity index (χ1v) is 10.1. The van der Waals surface area contributed by atoms with Gasteiger partial charge in [-0.25, -0.2) is 4.79 Å². The zero-order valence-electron chi connectivity index (χ0n) is 17.4. The van der Waals surface area contributed by atoms with Gasteiger partial charge in [-0.05, 0) is 24.6 Å². The van der Waals surface area contributed by atoms with Crippen LogP contribution >= 0.6 is 0 Å². The van der Waals surface area contributed by atoms with Crippen molar-refractivity contribution in [2.24, 2.45) is 0 Å². The highest BCUT2D eigenvalue weighted by atomic mass is 16.5. The van der Waals surface area contributed by atoms with Crippen LogP contribution in [-0.2, 0) is 32.2 Å². The largest absolute Gasteiger partial charge is 0.465 e. The highest BCUT2D eigenvalue weighted by Crippen LogP contribution is 2.25. The molecule has 0 aliphatic carbocycles. The number of hydrogen-bond acceptors (Lipinski definition) is 5. The van der Waals surface area contributed by atoms with Crippen LogP contribution in [0.15, 0.2) is 66.4 Å². The molecule has 1 saturated heterocycles. The van der Waals surface area contributed by atoms with Crippen LogP contribution in [0.1, 0.15) is 18.1 Å². The third kappa shape index (κ3) is 4.15. The molecule has 0 saturated carbocycles. The molecule has 8 heteroatoms. The predicted molar refractivity (Wildman–Crippen MR) is 117 cm³/mol. The smallest absolute Gasteiger partial charge is 0.331 e. The number of aromatic nitrogens is 1. The molecule has 0 spiro atoms. The molecule has 2 heterocycles. The number of benzene rings is 2. The summed E-state index contributed by atoms with van der Waals surface area (Å²) >= 11 is 0. The van der Waals surface area contributed by atoms with E-state index in [-0.39, 0.29) is 25.3 Å². The fourth-order valence-electron chi connectivity index (χ4n) is 3.63. The lowest BCUT2D eigenvalue weighted by atomic mass is 10.1. The molecular formula is C24H21N3O5. The van der Waals surface area contributed by atoms with Crippen molar-refractivity contribution in [2.75, 3.05) is 6.61 Å². The summed E-state index contributed by atoms with van der Waals surface area (Å²) in [6.45, 7) is 2.04. The Labute approximate surface area is 184 Å². The molecule has 1 aliphatic heterocycles. The van der Waals surface area contributed by atoms with E-state index in [0.29, 0.717) is 5.56 Å². The Balaban J connectivity index is 1.70. The Morgan fingerprint density at radius 1 is 1.03 bits per heavy atom. The van der Waals surface area contributed by atoms with Crippen LogP contribution in [0, 0.1) is 0 Å². The average molecular weight is 431 g/mol. The first-order chi connectivity index (χ1) is 15.5. The van der Waals surface area contributed by atoms with Crippen molar-refractivity contribution in [3.63, 3.8) is 0 Å². The number of carbonyl (C=O) groups is 4. The van der Waals surface area contributed by atoms with Crippen molar-refractivity contribution >= 4 is 40.8 Å².